The monoisotopic (exact) mass is 473 g/mol. The number of esters is 1. The van der Waals surface area contributed by atoms with E-state index in [2.05, 4.69) is 11.2 Å². The lowest BCUT2D eigenvalue weighted by Gasteiger charge is -2.28. The summed E-state index contributed by atoms with van der Waals surface area (Å²) in [6.45, 7) is 1.07. The first kappa shape index (κ1) is 24.9. The molecule has 1 unspecified atom stereocenters. The maximum atomic E-state index is 13.1. The third kappa shape index (κ3) is 6.89. The summed E-state index contributed by atoms with van der Waals surface area (Å²) in [5.41, 5.74) is 2.35. The fraction of sp³-hybridized carbons (Fsp3) is 0.630. The first-order valence-corrected chi connectivity index (χ1v) is 12.5. The number of carbonyl (C=O) groups is 1. The number of methoxy groups -OCH3 is 1. The van der Waals surface area contributed by atoms with Crippen LogP contribution in [0.3, 0.4) is 0 Å². The Morgan fingerprint density at radius 2 is 2.09 bits per heavy atom. The quantitative estimate of drug-likeness (QED) is 0.146. The lowest BCUT2D eigenvalue weighted by atomic mass is 9.92. The molecule has 0 amide bonds. The highest BCUT2D eigenvalue weighted by Crippen LogP contribution is 2.50. The third-order valence-corrected chi connectivity index (χ3v) is 7.25. The van der Waals surface area contributed by atoms with Crippen LogP contribution < -0.4 is 0 Å². The van der Waals surface area contributed by atoms with E-state index >= 15 is 0 Å². The molecule has 0 N–H and O–H groups in total. The van der Waals surface area contributed by atoms with E-state index in [4.69, 9.17) is 19.0 Å². The first-order valence-electron chi connectivity index (χ1n) is 12.5. The minimum atomic E-state index is -0.260. The largest absolute Gasteiger partial charge is 0.469 e. The molecule has 2 saturated carbocycles. The highest BCUT2D eigenvalue weighted by atomic mass is 19.1. The highest BCUT2D eigenvalue weighted by Gasteiger charge is 2.47. The van der Waals surface area contributed by atoms with Gasteiger partial charge in [0.2, 0.25) is 0 Å². The molecule has 0 bridgehead atoms. The zero-order chi connectivity index (χ0) is 23.8. The van der Waals surface area contributed by atoms with Crippen LogP contribution in [-0.4, -0.2) is 38.3 Å². The second-order valence-corrected chi connectivity index (χ2v) is 9.60. The number of carbonyl (C=O) groups excluding carboxylic acids is 1. The van der Waals surface area contributed by atoms with Gasteiger partial charge in [0.15, 0.2) is 6.29 Å². The van der Waals surface area contributed by atoms with Gasteiger partial charge in [-0.05, 0) is 80.9 Å². The van der Waals surface area contributed by atoms with Gasteiger partial charge in [-0.1, -0.05) is 28.9 Å². The summed E-state index contributed by atoms with van der Waals surface area (Å²) in [4.78, 5) is 16.9. The van der Waals surface area contributed by atoms with Gasteiger partial charge in [-0.3, -0.25) is 4.79 Å². The van der Waals surface area contributed by atoms with Crippen molar-refractivity contribution in [3.8, 4) is 0 Å². The second-order valence-electron chi connectivity index (χ2n) is 9.60. The number of halogens is 1. The maximum absolute atomic E-state index is 13.1. The molecule has 5 atom stereocenters. The van der Waals surface area contributed by atoms with Gasteiger partial charge in [0.25, 0.3) is 0 Å². The summed E-state index contributed by atoms with van der Waals surface area (Å²) in [5.74, 6) is 0.797. The van der Waals surface area contributed by atoms with E-state index in [9.17, 15) is 9.18 Å². The van der Waals surface area contributed by atoms with Gasteiger partial charge < -0.3 is 19.0 Å². The van der Waals surface area contributed by atoms with Gasteiger partial charge in [0.05, 0.1) is 13.2 Å². The Bertz CT molecular complexity index is 849. The van der Waals surface area contributed by atoms with Crippen molar-refractivity contribution in [2.45, 2.75) is 76.8 Å². The molecular weight excluding hydrogens is 437 g/mol. The number of oxime groups is 1. The molecule has 0 spiro atoms. The second kappa shape index (κ2) is 12.5. The van der Waals surface area contributed by atoms with Crippen LogP contribution in [0.25, 0.3) is 0 Å². The number of unbranched alkanes of at least 4 members (excludes halogenated alkanes) is 1. The predicted octanol–water partition coefficient (Wildman–Crippen LogP) is 5.56. The van der Waals surface area contributed by atoms with Gasteiger partial charge in [-0.25, -0.2) is 4.39 Å². The summed E-state index contributed by atoms with van der Waals surface area (Å²) in [6.07, 6.45) is 12.7. The number of benzene rings is 1. The number of ether oxygens (including phenoxy) is 3. The van der Waals surface area contributed by atoms with E-state index in [1.807, 2.05) is 6.21 Å². The molecule has 0 radical (unpaired) electrons. The van der Waals surface area contributed by atoms with Gasteiger partial charge in [-0.15, -0.1) is 0 Å². The van der Waals surface area contributed by atoms with E-state index < -0.39 is 0 Å². The first-order chi connectivity index (χ1) is 16.6. The molecule has 186 valence electrons. The minimum Gasteiger partial charge on any atom is -0.469 e. The standard InChI is InChI=1S/C27H36FNO5/c1-31-26(30)7-3-2-6-20-14-21-16-25(34-27-8-4-5-13-32-27)24(23(21)15-20)17-29-33-18-19-9-11-22(28)12-10-19/h6,9-12,17,21,23-25,27H,2-5,7-8,13-16,18H2,1H3/b20-6-,29-17+/t21-,23-,24+,25+,27?/m0/s1. The van der Waals surface area contributed by atoms with Crippen molar-refractivity contribution >= 4 is 12.2 Å². The molecular formula is C27H36FNO5. The molecule has 7 heteroatoms. The van der Waals surface area contributed by atoms with E-state index in [0.717, 1.165) is 63.5 Å². The van der Waals surface area contributed by atoms with E-state index in [1.54, 1.807) is 12.1 Å². The number of allylic oxidation sites excluding steroid dienone is 2. The number of nitrogens with zero attached hydrogens (tertiary/aromatic N) is 1. The molecule has 6 nitrogen and oxygen atoms in total. The molecule has 1 aromatic carbocycles. The van der Waals surface area contributed by atoms with Crippen molar-refractivity contribution in [1.82, 2.24) is 0 Å². The summed E-state index contributed by atoms with van der Waals surface area (Å²) in [5, 5.41) is 4.29. The van der Waals surface area contributed by atoms with E-state index in [-0.39, 0.29) is 30.1 Å². The molecule has 34 heavy (non-hydrogen) atoms. The Labute approximate surface area is 201 Å². The maximum Gasteiger partial charge on any atom is 0.305 e. The Morgan fingerprint density at radius 1 is 1.24 bits per heavy atom. The Balaban J connectivity index is 1.34. The molecule has 1 heterocycles. The Kier molecular flexibility index (Phi) is 9.11. The lowest BCUT2D eigenvalue weighted by Crippen LogP contribution is -2.32. The molecule has 1 aromatic rings. The number of rotatable bonds is 10. The van der Waals surface area contributed by atoms with Crippen molar-refractivity contribution in [2.24, 2.45) is 22.9 Å². The van der Waals surface area contributed by atoms with Crippen LogP contribution in [0.15, 0.2) is 41.1 Å². The minimum absolute atomic E-state index is 0.0807. The molecule has 3 fully saturated rings. The van der Waals surface area contributed by atoms with Gasteiger partial charge in [-0.2, -0.15) is 0 Å². The fourth-order valence-electron chi connectivity index (χ4n) is 5.47. The predicted molar refractivity (Wildman–Crippen MR) is 126 cm³/mol. The van der Waals surface area contributed by atoms with Gasteiger partial charge in [0.1, 0.15) is 12.4 Å². The van der Waals surface area contributed by atoms with Crippen LogP contribution >= 0.6 is 0 Å². The van der Waals surface area contributed by atoms with Crippen LogP contribution in [0.1, 0.15) is 63.4 Å². The normalized spacial score (nSPS) is 30.1. The van der Waals surface area contributed by atoms with Crippen LogP contribution in [0, 0.1) is 23.6 Å². The van der Waals surface area contributed by atoms with Crippen molar-refractivity contribution in [1.29, 1.82) is 0 Å². The Morgan fingerprint density at radius 3 is 2.85 bits per heavy atom. The number of fused-ring (bicyclic) bond motifs is 1. The van der Waals surface area contributed by atoms with Crippen LogP contribution in [0.4, 0.5) is 4.39 Å². The SMILES string of the molecule is COC(=O)CCC/C=C1/C[C@H]2C[C@@H](OC3CCCCO3)[C@H](/C=N/OCc3ccc(F)cc3)[C@H]2C1. The summed E-state index contributed by atoms with van der Waals surface area (Å²) in [6, 6.07) is 6.26. The molecule has 1 saturated heterocycles. The molecule has 1 aliphatic heterocycles. The topological polar surface area (TPSA) is 66.4 Å². The van der Waals surface area contributed by atoms with E-state index in [1.165, 1.54) is 24.8 Å². The van der Waals surface area contributed by atoms with Crippen molar-refractivity contribution in [3.05, 3.63) is 47.3 Å². The smallest absolute Gasteiger partial charge is 0.305 e. The molecule has 2 aliphatic carbocycles. The van der Waals surface area contributed by atoms with Crippen LogP contribution in [0.5, 0.6) is 0 Å². The van der Waals surface area contributed by atoms with Crippen molar-refractivity contribution < 1.29 is 28.2 Å². The third-order valence-electron chi connectivity index (χ3n) is 7.25. The van der Waals surface area contributed by atoms with E-state index in [0.29, 0.717) is 24.9 Å². The molecule has 0 aromatic heterocycles. The number of hydrogen-bond acceptors (Lipinski definition) is 6. The summed E-state index contributed by atoms with van der Waals surface area (Å²) >= 11 is 0. The average molecular weight is 474 g/mol. The lowest BCUT2D eigenvalue weighted by molar-refractivity contribution is -0.191. The number of hydrogen-bond donors (Lipinski definition) is 0. The van der Waals surface area contributed by atoms with Crippen molar-refractivity contribution in [3.63, 3.8) is 0 Å². The zero-order valence-electron chi connectivity index (χ0n) is 20.0. The van der Waals surface area contributed by atoms with Crippen LogP contribution in [-0.2, 0) is 30.4 Å². The Hall–Kier alpha value is -2.25. The van der Waals surface area contributed by atoms with Crippen molar-refractivity contribution in [2.75, 3.05) is 13.7 Å². The summed E-state index contributed by atoms with van der Waals surface area (Å²) < 4.78 is 30.1. The zero-order valence-corrected chi connectivity index (χ0v) is 20.0. The van der Waals surface area contributed by atoms with Crippen LogP contribution in [0.2, 0.25) is 0 Å². The van der Waals surface area contributed by atoms with Gasteiger partial charge in [0, 0.05) is 25.2 Å². The highest BCUT2D eigenvalue weighted by molar-refractivity contribution is 5.69. The molecule has 3 aliphatic rings. The average Bonchev–Trinajstić information content (AvgIpc) is 3.38. The fourth-order valence-corrected chi connectivity index (χ4v) is 5.47. The summed E-state index contributed by atoms with van der Waals surface area (Å²) in [7, 11) is 1.43. The molecule has 4 rings (SSSR count). The van der Waals surface area contributed by atoms with Gasteiger partial charge >= 0.3 is 5.97 Å².